The predicted molar refractivity (Wildman–Crippen MR) is 97.8 cm³/mol. The van der Waals surface area contributed by atoms with Gasteiger partial charge in [0, 0.05) is 18.7 Å². The van der Waals surface area contributed by atoms with Crippen LogP contribution in [0.4, 0.5) is 0 Å². The second-order valence-corrected chi connectivity index (χ2v) is 6.46. The van der Waals surface area contributed by atoms with Crippen molar-refractivity contribution in [3.8, 4) is 11.1 Å². The molecule has 0 aromatic heterocycles. The lowest BCUT2D eigenvalue weighted by molar-refractivity contribution is 0.0695. The molecule has 130 valence electrons. The number of carbonyl (C=O) groups excluding carboxylic acids is 1. The highest BCUT2D eigenvalue weighted by Crippen LogP contribution is 2.28. The van der Waals surface area contributed by atoms with Crippen LogP contribution in [0.15, 0.2) is 48.5 Å². The average molecular weight is 337 g/mol. The van der Waals surface area contributed by atoms with Crippen LogP contribution in [0.5, 0.6) is 0 Å². The van der Waals surface area contributed by atoms with Gasteiger partial charge in [0.2, 0.25) is 0 Å². The Labute approximate surface area is 148 Å². The van der Waals surface area contributed by atoms with Gasteiger partial charge in [-0.1, -0.05) is 55.7 Å². The quantitative estimate of drug-likeness (QED) is 0.900. The lowest BCUT2D eigenvalue weighted by Crippen LogP contribution is -2.34. The van der Waals surface area contributed by atoms with Crippen LogP contribution in [0.25, 0.3) is 11.1 Å². The number of carbonyl (C=O) groups is 2. The largest absolute Gasteiger partial charge is 0.478 e. The monoisotopic (exact) mass is 337 g/mol. The maximum absolute atomic E-state index is 13.1. The zero-order chi connectivity index (χ0) is 17.6. The van der Waals surface area contributed by atoms with Gasteiger partial charge >= 0.3 is 5.97 Å². The van der Waals surface area contributed by atoms with E-state index in [9.17, 15) is 14.7 Å². The number of nitrogens with zero attached hydrogens (tertiary/aromatic N) is 1. The molecule has 1 fully saturated rings. The SMILES string of the molecule is O=C(O)c1ccccc1-c1ccccc1C(=O)N1CCCCCCC1. The number of carboxylic acids is 1. The van der Waals surface area contributed by atoms with Crippen molar-refractivity contribution in [1.29, 1.82) is 0 Å². The lowest BCUT2D eigenvalue weighted by Gasteiger charge is -2.26. The van der Waals surface area contributed by atoms with E-state index in [0.29, 0.717) is 16.7 Å². The second kappa shape index (κ2) is 7.97. The maximum atomic E-state index is 13.1. The van der Waals surface area contributed by atoms with E-state index in [1.165, 1.54) is 6.42 Å². The molecule has 0 unspecified atom stereocenters. The van der Waals surface area contributed by atoms with Crippen LogP contribution in [0, 0.1) is 0 Å². The molecule has 1 aliphatic rings. The maximum Gasteiger partial charge on any atom is 0.336 e. The molecule has 0 bridgehead atoms. The third-order valence-electron chi connectivity index (χ3n) is 4.75. The summed E-state index contributed by atoms with van der Waals surface area (Å²) in [6.45, 7) is 1.54. The molecule has 25 heavy (non-hydrogen) atoms. The second-order valence-electron chi connectivity index (χ2n) is 6.46. The number of likely N-dealkylation sites (tertiary alicyclic amines) is 1. The normalized spacial score (nSPS) is 15.3. The van der Waals surface area contributed by atoms with E-state index in [4.69, 9.17) is 0 Å². The van der Waals surface area contributed by atoms with E-state index in [1.54, 1.807) is 30.3 Å². The van der Waals surface area contributed by atoms with Gasteiger partial charge in [-0.05, 0) is 36.1 Å². The van der Waals surface area contributed by atoms with Gasteiger partial charge in [-0.25, -0.2) is 4.79 Å². The summed E-state index contributed by atoms with van der Waals surface area (Å²) < 4.78 is 0. The van der Waals surface area contributed by atoms with E-state index in [2.05, 4.69) is 0 Å². The molecule has 2 aromatic carbocycles. The summed E-state index contributed by atoms with van der Waals surface area (Å²) in [7, 11) is 0. The number of carboxylic acid groups (broad SMARTS) is 1. The lowest BCUT2D eigenvalue weighted by atomic mass is 9.94. The Hall–Kier alpha value is -2.62. The molecule has 0 spiro atoms. The summed E-state index contributed by atoms with van der Waals surface area (Å²) in [4.78, 5) is 26.6. The molecule has 0 atom stereocenters. The van der Waals surface area contributed by atoms with Crippen LogP contribution in [-0.2, 0) is 0 Å². The third-order valence-corrected chi connectivity index (χ3v) is 4.75. The number of benzene rings is 2. The Bertz CT molecular complexity index is 761. The fraction of sp³-hybridized carbons (Fsp3) is 0.333. The number of rotatable bonds is 3. The van der Waals surface area contributed by atoms with Crippen molar-refractivity contribution in [2.45, 2.75) is 32.1 Å². The molecular weight excluding hydrogens is 314 g/mol. The molecule has 0 radical (unpaired) electrons. The molecule has 1 aliphatic heterocycles. The van der Waals surface area contributed by atoms with Crippen LogP contribution in [-0.4, -0.2) is 35.0 Å². The van der Waals surface area contributed by atoms with Crippen molar-refractivity contribution in [3.05, 3.63) is 59.7 Å². The van der Waals surface area contributed by atoms with Crippen molar-refractivity contribution in [2.24, 2.45) is 0 Å². The number of amides is 1. The topological polar surface area (TPSA) is 57.6 Å². The van der Waals surface area contributed by atoms with Crippen molar-refractivity contribution < 1.29 is 14.7 Å². The number of hydrogen-bond acceptors (Lipinski definition) is 2. The van der Waals surface area contributed by atoms with Crippen molar-refractivity contribution >= 4 is 11.9 Å². The predicted octanol–water partition coefficient (Wildman–Crippen LogP) is 4.46. The Morgan fingerprint density at radius 2 is 1.20 bits per heavy atom. The Morgan fingerprint density at radius 3 is 1.80 bits per heavy atom. The summed E-state index contributed by atoms with van der Waals surface area (Å²) in [5, 5.41) is 9.48. The van der Waals surface area contributed by atoms with E-state index in [-0.39, 0.29) is 11.5 Å². The summed E-state index contributed by atoms with van der Waals surface area (Å²) in [5.74, 6) is -0.984. The van der Waals surface area contributed by atoms with Gasteiger partial charge in [0.25, 0.3) is 5.91 Å². The minimum absolute atomic E-state index is 0.00214. The highest BCUT2D eigenvalue weighted by atomic mass is 16.4. The minimum atomic E-state index is -0.982. The Kier molecular flexibility index (Phi) is 5.49. The first kappa shape index (κ1) is 17.2. The fourth-order valence-electron chi connectivity index (χ4n) is 3.43. The molecule has 1 amide bonds. The summed E-state index contributed by atoms with van der Waals surface area (Å²) >= 11 is 0. The molecule has 1 heterocycles. The van der Waals surface area contributed by atoms with Gasteiger partial charge < -0.3 is 10.0 Å². The molecule has 2 aromatic rings. The third kappa shape index (κ3) is 3.90. The van der Waals surface area contributed by atoms with Gasteiger partial charge in [-0.15, -0.1) is 0 Å². The molecule has 0 saturated carbocycles. The van der Waals surface area contributed by atoms with Gasteiger partial charge in [-0.3, -0.25) is 4.79 Å². The van der Waals surface area contributed by atoms with Crippen molar-refractivity contribution in [3.63, 3.8) is 0 Å². The number of aromatic carboxylic acids is 1. The molecule has 3 rings (SSSR count). The molecule has 1 saturated heterocycles. The van der Waals surface area contributed by atoms with Crippen LogP contribution >= 0.6 is 0 Å². The van der Waals surface area contributed by atoms with Crippen molar-refractivity contribution in [2.75, 3.05) is 13.1 Å². The van der Waals surface area contributed by atoms with Crippen LogP contribution in [0.1, 0.15) is 52.8 Å². The first-order chi connectivity index (χ1) is 12.2. The first-order valence-electron chi connectivity index (χ1n) is 8.89. The Balaban J connectivity index is 1.99. The average Bonchev–Trinajstić information content (AvgIpc) is 2.61. The Morgan fingerprint density at radius 1 is 0.720 bits per heavy atom. The highest BCUT2D eigenvalue weighted by molar-refractivity contribution is 6.04. The van der Waals surface area contributed by atoms with Crippen LogP contribution in [0.2, 0.25) is 0 Å². The van der Waals surface area contributed by atoms with Crippen LogP contribution in [0.3, 0.4) is 0 Å². The van der Waals surface area contributed by atoms with E-state index in [1.807, 2.05) is 23.1 Å². The number of hydrogen-bond donors (Lipinski definition) is 1. The van der Waals surface area contributed by atoms with E-state index >= 15 is 0 Å². The van der Waals surface area contributed by atoms with Crippen molar-refractivity contribution in [1.82, 2.24) is 4.90 Å². The zero-order valence-electron chi connectivity index (χ0n) is 14.3. The smallest absolute Gasteiger partial charge is 0.336 e. The van der Waals surface area contributed by atoms with Gasteiger partial charge in [0.15, 0.2) is 0 Å². The molecule has 4 heteroatoms. The standard InChI is InChI=1S/C21H23NO3/c23-20(22-14-8-2-1-3-9-15-22)18-12-6-4-10-16(18)17-11-5-7-13-19(17)21(24)25/h4-7,10-13H,1-3,8-9,14-15H2,(H,24,25). The first-order valence-corrected chi connectivity index (χ1v) is 8.89. The van der Waals surface area contributed by atoms with Crippen LogP contribution < -0.4 is 0 Å². The van der Waals surface area contributed by atoms with Gasteiger partial charge in [-0.2, -0.15) is 0 Å². The zero-order valence-corrected chi connectivity index (χ0v) is 14.3. The fourth-order valence-corrected chi connectivity index (χ4v) is 3.43. The molecule has 1 N–H and O–H groups in total. The van der Waals surface area contributed by atoms with E-state index < -0.39 is 5.97 Å². The summed E-state index contributed by atoms with van der Waals surface area (Å²) in [5.41, 5.74) is 2.07. The molecule has 0 aliphatic carbocycles. The van der Waals surface area contributed by atoms with Gasteiger partial charge in [0.05, 0.1) is 5.56 Å². The minimum Gasteiger partial charge on any atom is -0.478 e. The summed E-state index contributed by atoms with van der Waals surface area (Å²) in [6, 6.07) is 14.2. The summed E-state index contributed by atoms with van der Waals surface area (Å²) in [6.07, 6.45) is 5.62. The van der Waals surface area contributed by atoms with E-state index in [0.717, 1.165) is 38.8 Å². The molecular formula is C21H23NO3. The highest BCUT2D eigenvalue weighted by Gasteiger charge is 2.21. The van der Waals surface area contributed by atoms with Gasteiger partial charge in [0.1, 0.15) is 0 Å². The molecule has 4 nitrogen and oxygen atoms in total.